The number of carbonyl (C=O) groups excluding carboxylic acids is 1. The molecule has 1 aromatic heterocycles. The van der Waals surface area contributed by atoms with Crippen LogP contribution in [0.4, 0.5) is 0 Å². The van der Waals surface area contributed by atoms with Crippen LogP contribution >= 0.6 is 11.3 Å². The first kappa shape index (κ1) is 15.6. The summed E-state index contributed by atoms with van der Waals surface area (Å²) >= 11 is 0.757. The number of aliphatic hydroxyl groups excluding tert-OH is 1. The van der Waals surface area contributed by atoms with Gasteiger partial charge in [-0.05, 0) is 11.4 Å². The van der Waals surface area contributed by atoms with E-state index in [0.29, 0.717) is 0 Å². The Morgan fingerprint density at radius 2 is 2.16 bits per heavy atom. The van der Waals surface area contributed by atoms with Gasteiger partial charge in [0.15, 0.2) is 6.10 Å². The molecule has 0 saturated carbocycles. The fourth-order valence-corrected chi connectivity index (χ4v) is 3.45. The van der Waals surface area contributed by atoms with Crippen molar-refractivity contribution in [3.05, 3.63) is 16.3 Å². The number of ether oxygens (including phenoxy) is 1. The van der Waals surface area contributed by atoms with Crippen LogP contribution in [0.5, 0.6) is 0 Å². The van der Waals surface area contributed by atoms with E-state index in [1.165, 1.54) is 5.38 Å². The molecule has 0 bridgehead atoms. The number of rotatable bonds is 6. The van der Waals surface area contributed by atoms with E-state index in [1.54, 1.807) is 0 Å². The highest BCUT2D eigenvalue weighted by molar-refractivity contribution is 7.89. The van der Waals surface area contributed by atoms with Gasteiger partial charge in [0, 0.05) is 6.54 Å². The van der Waals surface area contributed by atoms with Gasteiger partial charge in [0.1, 0.15) is 9.77 Å². The van der Waals surface area contributed by atoms with Gasteiger partial charge in [-0.1, -0.05) is 0 Å². The smallest absolute Gasteiger partial charge is 0.347 e. The lowest BCUT2D eigenvalue weighted by Crippen LogP contribution is -2.37. The summed E-state index contributed by atoms with van der Waals surface area (Å²) in [6.45, 7) is -0.607. The number of esters is 1. The molecule has 0 aliphatic carbocycles. The molecule has 0 aliphatic heterocycles. The molecule has 3 N–H and O–H groups in total. The van der Waals surface area contributed by atoms with Gasteiger partial charge in [-0.15, -0.1) is 11.3 Å². The zero-order valence-electron chi connectivity index (χ0n) is 9.69. The second-order valence-corrected chi connectivity index (χ2v) is 5.96. The Labute approximate surface area is 112 Å². The Balaban J connectivity index is 2.85. The number of hydrogen-bond donors (Lipinski definition) is 3. The molecule has 8 nitrogen and oxygen atoms in total. The molecule has 10 heteroatoms. The largest absolute Gasteiger partial charge is 0.477 e. The van der Waals surface area contributed by atoms with Crippen molar-refractivity contribution in [3.63, 3.8) is 0 Å². The first-order valence-corrected chi connectivity index (χ1v) is 7.22. The Hall–Kier alpha value is -1.49. The van der Waals surface area contributed by atoms with Gasteiger partial charge in [0.05, 0.1) is 7.11 Å². The van der Waals surface area contributed by atoms with Crippen molar-refractivity contribution in [1.82, 2.24) is 4.72 Å². The number of carbonyl (C=O) groups is 2. The van der Waals surface area contributed by atoms with Crippen molar-refractivity contribution in [2.24, 2.45) is 0 Å². The van der Waals surface area contributed by atoms with E-state index >= 15 is 0 Å². The highest BCUT2D eigenvalue weighted by atomic mass is 32.2. The van der Waals surface area contributed by atoms with Crippen molar-refractivity contribution in [2.75, 3.05) is 13.7 Å². The quantitative estimate of drug-likeness (QED) is 0.590. The molecule has 0 amide bonds. The molecule has 0 saturated heterocycles. The molecule has 1 rings (SSSR count). The van der Waals surface area contributed by atoms with E-state index < -0.39 is 39.5 Å². The monoisotopic (exact) mass is 309 g/mol. The lowest BCUT2D eigenvalue weighted by atomic mass is 10.4. The number of hydrogen-bond acceptors (Lipinski definition) is 7. The summed E-state index contributed by atoms with van der Waals surface area (Å²) in [7, 11) is -3.07. The molecule has 106 valence electrons. The van der Waals surface area contributed by atoms with Crippen molar-refractivity contribution in [2.45, 2.75) is 11.0 Å². The summed E-state index contributed by atoms with van der Waals surface area (Å²) < 4.78 is 29.8. The third-order valence-electron chi connectivity index (χ3n) is 2.05. The van der Waals surface area contributed by atoms with Crippen molar-refractivity contribution in [1.29, 1.82) is 0 Å². The van der Waals surface area contributed by atoms with E-state index in [9.17, 15) is 23.1 Å². The summed E-state index contributed by atoms with van der Waals surface area (Å²) in [4.78, 5) is 20.9. The van der Waals surface area contributed by atoms with E-state index in [-0.39, 0.29) is 4.88 Å². The van der Waals surface area contributed by atoms with E-state index in [0.717, 1.165) is 24.5 Å². The highest BCUT2D eigenvalue weighted by Crippen LogP contribution is 2.21. The molecule has 0 aromatic carbocycles. The number of aromatic carboxylic acids is 1. The molecule has 19 heavy (non-hydrogen) atoms. The van der Waals surface area contributed by atoms with E-state index in [2.05, 4.69) is 4.74 Å². The fourth-order valence-electron chi connectivity index (χ4n) is 1.15. The predicted octanol–water partition coefficient (Wildman–Crippen LogP) is -0.741. The zero-order valence-corrected chi connectivity index (χ0v) is 11.3. The molecule has 1 unspecified atom stereocenters. The number of aliphatic hydroxyl groups is 1. The second-order valence-electron chi connectivity index (χ2n) is 3.31. The minimum absolute atomic E-state index is 0.347. The maximum Gasteiger partial charge on any atom is 0.347 e. The Morgan fingerprint density at radius 3 is 2.68 bits per heavy atom. The maximum atomic E-state index is 11.8. The maximum absolute atomic E-state index is 11.8. The Kier molecular flexibility index (Phi) is 5.00. The minimum Gasteiger partial charge on any atom is -0.477 e. The van der Waals surface area contributed by atoms with Crippen LogP contribution in [0.1, 0.15) is 9.67 Å². The van der Waals surface area contributed by atoms with Crippen molar-refractivity contribution >= 4 is 33.3 Å². The van der Waals surface area contributed by atoms with Gasteiger partial charge >= 0.3 is 11.9 Å². The van der Waals surface area contributed by atoms with Crippen LogP contribution in [0.25, 0.3) is 0 Å². The molecule has 0 spiro atoms. The first-order chi connectivity index (χ1) is 8.79. The van der Waals surface area contributed by atoms with Crippen molar-refractivity contribution < 1.29 is 33.0 Å². The Bertz CT molecular complexity index is 577. The number of nitrogens with one attached hydrogen (secondary N) is 1. The van der Waals surface area contributed by atoms with Crippen LogP contribution < -0.4 is 4.72 Å². The second kappa shape index (κ2) is 6.10. The van der Waals surface area contributed by atoms with Gasteiger partial charge in [-0.3, -0.25) is 0 Å². The third-order valence-corrected chi connectivity index (χ3v) is 4.55. The highest BCUT2D eigenvalue weighted by Gasteiger charge is 2.25. The normalized spacial score (nSPS) is 12.9. The lowest BCUT2D eigenvalue weighted by molar-refractivity contribution is -0.149. The SMILES string of the molecule is COC(=O)C(O)CNS(=O)(=O)c1ccsc1C(=O)O. The van der Waals surface area contributed by atoms with E-state index in [4.69, 9.17) is 5.11 Å². The molecule has 0 fully saturated rings. The molecule has 1 heterocycles. The molecule has 0 radical (unpaired) electrons. The summed E-state index contributed by atoms with van der Waals surface area (Å²) in [5.74, 6) is -2.37. The summed E-state index contributed by atoms with van der Waals surface area (Å²) in [6, 6.07) is 1.13. The Morgan fingerprint density at radius 1 is 1.53 bits per heavy atom. The van der Waals surface area contributed by atoms with Gasteiger partial charge in [0.2, 0.25) is 10.0 Å². The van der Waals surface area contributed by atoms with Crippen LogP contribution in [0, 0.1) is 0 Å². The van der Waals surface area contributed by atoms with Gasteiger partial charge in [0.25, 0.3) is 0 Å². The van der Waals surface area contributed by atoms with Gasteiger partial charge in [-0.25, -0.2) is 22.7 Å². The standard InChI is InChI=1S/C9H11NO7S2/c1-17-9(14)5(11)4-10-19(15,16)6-2-3-18-7(6)8(12)13/h2-3,5,10-11H,4H2,1H3,(H,12,13). The fraction of sp³-hybridized carbons (Fsp3) is 0.333. The first-order valence-electron chi connectivity index (χ1n) is 4.86. The number of sulfonamides is 1. The molecular formula is C9H11NO7S2. The predicted molar refractivity (Wildman–Crippen MR) is 64.5 cm³/mol. The molecule has 0 aliphatic rings. The minimum atomic E-state index is -4.12. The average Bonchev–Trinajstić information content (AvgIpc) is 2.85. The topological polar surface area (TPSA) is 130 Å². The average molecular weight is 309 g/mol. The van der Waals surface area contributed by atoms with Gasteiger partial charge < -0.3 is 14.9 Å². The van der Waals surface area contributed by atoms with Crippen LogP contribution in [-0.4, -0.2) is 50.3 Å². The van der Waals surface area contributed by atoms with Crippen LogP contribution in [0.15, 0.2) is 16.3 Å². The summed E-state index contributed by atoms with van der Waals surface area (Å²) in [6.07, 6.45) is -1.66. The molecule has 1 atom stereocenters. The third kappa shape index (κ3) is 3.73. The lowest BCUT2D eigenvalue weighted by Gasteiger charge is -2.10. The number of carboxylic acids is 1. The summed E-state index contributed by atoms with van der Waals surface area (Å²) in [5, 5.41) is 19.4. The summed E-state index contributed by atoms with van der Waals surface area (Å²) in [5.41, 5.74) is 0. The van der Waals surface area contributed by atoms with Crippen molar-refractivity contribution in [3.8, 4) is 0 Å². The van der Waals surface area contributed by atoms with Crippen LogP contribution in [0.2, 0.25) is 0 Å². The number of thiophene rings is 1. The zero-order chi connectivity index (χ0) is 14.6. The number of methoxy groups -OCH3 is 1. The molecule has 1 aromatic rings. The van der Waals surface area contributed by atoms with Crippen LogP contribution in [-0.2, 0) is 19.6 Å². The van der Waals surface area contributed by atoms with Crippen LogP contribution in [0.3, 0.4) is 0 Å². The molecular weight excluding hydrogens is 298 g/mol. The van der Waals surface area contributed by atoms with E-state index in [1.807, 2.05) is 4.72 Å². The number of carboxylic acid groups (broad SMARTS) is 1. The van der Waals surface area contributed by atoms with Gasteiger partial charge in [-0.2, -0.15) is 0 Å².